The van der Waals surface area contributed by atoms with Gasteiger partial charge in [0.05, 0.1) is 5.92 Å². The Balaban J connectivity index is 1.85. The van der Waals surface area contributed by atoms with Crippen LogP contribution in [-0.4, -0.2) is 12.5 Å². The first-order valence-electron chi connectivity index (χ1n) is 7.49. The number of allylic oxidation sites excluding steroid dienone is 2. The molecule has 0 aliphatic heterocycles. The number of carbonyl (C=O) groups is 1. The number of hydrogen-bond donors (Lipinski definition) is 1. The van der Waals surface area contributed by atoms with E-state index in [2.05, 4.69) is 39.1 Å². The number of benzene rings is 1. The molecule has 1 fully saturated rings. The van der Waals surface area contributed by atoms with Gasteiger partial charge in [0.1, 0.15) is 0 Å². The van der Waals surface area contributed by atoms with Crippen LogP contribution >= 0.6 is 11.6 Å². The van der Waals surface area contributed by atoms with Crippen molar-refractivity contribution < 1.29 is 4.79 Å². The maximum absolute atomic E-state index is 12.3. The van der Waals surface area contributed by atoms with E-state index in [1.165, 1.54) is 5.57 Å². The Kier molecular flexibility index (Phi) is 4.77. The van der Waals surface area contributed by atoms with E-state index in [-0.39, 0.29) is 17.2 Å². The molecule has 0 spiro atoms. The average molecular weight is 306 g/mol. The van der Waals surface area contributed by atoms with Crippen LogP contribution in [0.3, 0.4) is 0 Å². The molecular weight excluding hydrogens is 282 g/mol. The van der Waals surface area contributed by atoms with Crippen molar-refractivity contribution in [3.05, 3.63) is 46.5 Å². The van der Waals surface area contributed by atoms with Crippen LogP contribution in [0.5, 0.6) is 0 Å². The zero-order chi connectivity index (χ0) is 15.6. The summed E-state index contributed by atoms with van der Waals surface area (Å²) in [6.45, 7) is 9.16. The van der Waals surface area contributed by atoms with Gasteiger partial charge in [-0.3, -0.25) is 4.79 Å². The number of carbonyl (C=O) groups excluding carboxylic acids is 1. The molecule has 1 N–H and O–H groups in total. The van der Waals surface area contributed by atoms with Crippen LogP contribution in [0.1, 0.15) is 33.3 Å². The molecule has 2 atom stereocenters. The first-order valence-corrected chi connectivity index (χ1v) is 7.87. The molecule has 1 amide bonds. The monoisotopic (exact) mass is 305 g/mol. The highest BCUT2D eigenvalue weighted by Gasteiger charge is 2.60. The number of hydrogen-bond acceptors (Lipinski definition) is 1. The minimum absolute atomic E-state index is 0.0808. The van der Waals surface area contributed by atoms with Crippen molar-refractivity contribution in [1.82, 2.24) is 5.32 Å². The quantitative estimate of drug-likeness (QED) is 0.810. The van der Waals surface area contributed by atoms with Crippen molar-refractivity contribution >= 4 is 17.5 Å². The molecule has 0 bridgehead atoms. The van der Waals surface area contributed by atoms with Crippen LogP contribution in [0, 0.1) is 17.3 Å². The van der Waals surface area contributed by atoms with Crippen molar-refractivity contribution in [1.29, 1.82) is 0 Å². The minimum atomic E-state index is 0.0808. The highest BCUT2D eigenvalue weighted by Crippen LogP contribution is 2.59. The van der Waals surface area contributed by atoms with Gasteiger partial charge in [-0.15, -0.1) is 0 Å². The van der Waals surface area contributed by atoms with E-state index in [0.29, 0.717) is 12.5 Å². The standard InChI is InChI=1S/C18H24ClNO/c1-12(2)10-15-16(18(15,3)4)17(21)20-9-8-13-6-5-7-14(19)11-13/h5-7,10-11,15-16H,8-9H2,1-4H3,(H,20,21)/t15-,16+/m0/s1. The molecule has 114 valence electrons. The fraction of sp³-hybridized carbons (Fsp3) is 0.500. The van der Waals surface area contributed by atoms with E-state index in [0.717, 1.165) is 17.0 Å². The Bertz CT molecular complexity index is 558. The predicted molar refractivity (Wildman–Crippen MR) is 88.4 cm³/mol. The van der Waals surface area contributed by atoms with Gasteiger partial charge in [-0.25, -0.2) is 0 Å². The molecule has 1 aromatic rings. The zero-order valence-corrected chi connectivity index (χ0v) is 14.0. The Labute approximate surface area is 132 Å². The van der Waals surface area contributed by atoms with E-state index in [1.54, 1.807) is 0 Å². The van der Waals surface area contributed by atoms with Crippen molar-refractivity contribution in [2.75, 3.05) is 6.54 Å². The summed E-state index contributed by atoms with van der Waals surface area (Å²) < 4.78 is 0. The lowest BCUT2D eigenvalue weighted by Crippen LogP contribution is -2.28. The van der Waals surface area contributed by atoms with Crippen molar-refractivity contribution in [2.24, 2.45) is 17.3 Å². The Morgan fingerprint density at radius 3 is 2.71 bits per heavy atom. The van der Waals surface area contributed by atoms with Gasteiger partial charge in [0, 0.05) is 11.6 Å². The van der Waals surface area contributed by atoms with Gasteiger partial charge in [-0.2, -0.15) is 0 Å². The Hall–Kier alpha value is -1.28. The second-order valence-corrected chi connectivity index (χ2v) is 7.18. The third-order valence-corrected chi connectivity index (χ3v) is 4.54. The van der Waals surface area contributed by atoms with E-state index in [1.807, 2.05) is 24.3 Å². The summed E-state index contributed by atoms with van der Waals surface area (Å²) in [5, 5.41) is 3.80. The summed E-state index contributed by atoms with van der Waals surface area (Å²) in [5.74, 6) is 0.643. The van der Waals surface area contributed by atoms with Crippen molar-refractivity contribution in [3.8, 4) is 0 Å². The fourth-order valence-electron chi connectivity index (χ4n) is 2.98. The number of halogens is 1. The van der Waals surface area contributed by atoms with E-state index in [4.69, 9.17) is 11.6 Å². The van der Waals surface area contributed by atoms with Gasteiger partial charge in [0.25, 0.3) is 0 Å². The minimum Gasteiger partial charge on any atom is -0.355 e. The number of amides is 1. The smallest absolute Gasteiger partial charge is 0.224 e. The summed E-state index contributed by atoms with van der Waals surface area (Å²) in [7, 11) is 0. The van der Waals surface area contributed by atoms with Crippen LogP contribution < -0.4 is 5.32 Å². The second-order valence-electron chi connectivity index (χ2n) is 6.74. The Morgan fingerprint density at radius 1 is 1.38 bits per heavy atom. The summed E-state index contributed by atoms with van der Waals surface area (Å²) in [5.41, 5.74) is 2.51. The maximum atomic E-state index is 12.3. The largest absolute Gasteiger partial charge is 0.355 e. The van der Waals surface area contributed by atoms with E-state index in [9.17, 15) is 4.79 Å². The van der Waals surface area contributed by atoms with Gasteiger partial charge in [0.15, 0.2) is 0 Å². The number of rotatable bonds is 5. The molecule has 0 heterocycles. The third-order valence-electron chi connectivity index (χ3n) is 4.31. The lowest BCUT2D eigenvalue weighted by molar-refractivity contribution is -0.123. The summed E-state index contributed by atoms with van der Waals surface area (Å²) >= 11 is 5.96. The van der Waals surface area contributed by atoms with Crippen LogP contribution in [0.15, 0.2) is 35.9 Å². The number of nitrogens with one attached hydrogen (secondary N) is 1. The molecule has 2 nitrogen and oxygen atoms in total. The third kappa shape index (κ3) is 3.88. The van der Waals surface area contributed by atoms with Crippen LogP contribution in [0.2, 0.25) is 5.02 Å². The van der Waals surface area contributed by atoms with Crippen LogP contribution in [-0.2, 0) is 11.2 Å². The topological polar surface area (TPSA) is 29.1 Å². The maximum Gasteiger partial charge on any atom is 0.224 e. The summed E-state index contributed by atoms with van der Waals surface area (Å²) in [6, 6.07) is 7.78. The van der Waals surface area contributed by atoms with E-state index < -0.39 is 0 Å². The van der Waals surface area contributed by atoms with Crippen LogP contribution in [0.25, 0.3) is 0 Å². The molecule has 1 aliphatic rings. The zero-order valence-electron chi connectivity index (χ0n) is 13.2. The van der Waals surface area contributed by atoms with Crippen molar-refractivity contribution in [3.63, 3.8) is 0 Å². The molecule has 0 radical (unpaired) electrons. The summed E-state index contributed by atoms with van der Waals surface area (Å²) in [4.78, 5) is 12.3. The second kappa shape index (κ2) is 6.23. The fourth-order valence-corrected chi connectivity index (χ4v) is 3.19. The van der Waals surface area contributed by atoms with Crippen LogP contribution in [0.4, 0.5) is 0 Å². The molecule has 0 aromatic heterocycles. The van der Waals surface area contributed by atoms with Gasteiger partial charge >= 0.3 is 0 Å². The first-order chi connectivity index (χ1) is 9.82. The summed E-state index contributed by atoms with van der Waals surface area (Å²) in [6.07, 6.45) is 3.04. The van der Waals surface area contributed by atoms with Gasteiger partial charge in [-0.05, 0) is 49.3 Å². The lowest BCUT2D eigenvalue weighted by atomic mass is 10.1. The molecule has 21 heavy (non-hydrogen) atoms. The van der Waals surface area contributed by atoms with Gasteiger partial charge < -0.3 is 5.32 Å². The van der Waals surface area contributed by atoms with Crippen molar-refractivity contribution in [2.45, 2.75) is 34.1 Å². The first kappa shape index (κ1) is 16.1. The van der Waals surface area contributed by atoms with E-state index >= 15 is 0 Å². The average Bonchev–Trinajstić information content (AvgIpc) is 2.89. The molecule has 0 unspecified atom stereocenters. The highest BCUT2D eigenvalue weighted by atomic mass is 35.5. The van der Waals surface area contributed by atoms with Gasteiger partial charge in [0.2, 0.25) is 5.91 Å². The molecule has 1 aliphatic carbocycles. The molecule has 1 saturated carbocycles. The predicted octanol–water partition coefficient (Wildman–Crippen LogP) is 4.24. The van der Waals surface area contributed by atoms with Gasteiger partial charge in [-0.1, -0.05) is 49.2 Å². The SMILES string of the molecule is CC(C)=C[C@H]1[C@H](C(=O)NCCc2cccc(Cl)c2)C1(C)C. The molecule has 2 rings (SSSR count). The Morgan fingerprint density at radius 2 is 2.10 bits per heavy atom. The highest BCUT2D eigenvalue weighted by molar-refractivity contribution is 6.30. The molecule has 1 aromatic carbocycles. The molecule has 3 heteroatoms. The molecular formula is C18H24ClNO. The normalized spacial score (nSPS) is 22.5. The molecule has 0 saturated heterocycles. The lowest BCUT2D eigenvalue weighted by Gasteiger charge is -2.06.